The molecular formula is C16H23N. The molecule has 0 radical (unpaired) electrons. The standard InChI is InChI=1S/C16H23N/c1-6-17(7-2)10-8-9-16-12-14(4)13(3)11-15(16)5/h11-12H,6-7,10H2,1-5H3. The van der Waals surface area contributed by atoms with Gasteiger partial charge in [-0.25, -0.2) is 0 Å². The lowest BCUT2D eigenvalue weighted by Gasteiger charge is -2.13. The first kappa shape index (κ1) is 13.8. The zero-order valence-electron chi connectivity index (χ0n) is 11.7. The predicted molar refractivity (Wildman–Crippen MR) is 75.3 cm³/mol. The molecule has 0 amide bonds. The lowest BCUT2D eigenvalue weighted by Crippen LogP contribution is -2.22. The second-order valence-electron chi connectivity index (χ2n) is 4.51. The highest BCUT2D eigenvalue weighted by Crippen LogP contribution is 2.14. The SMILES string of the molecule is CCN(CC)CC#Cc1cc(C)c(C)cc1C. The van der Waals surface area contributed by atoms with Crippen molar-refractivity contribution in [3.63, 3.8) is 0 Å². The normalized spacial score (nSPS) is 10.2. The molecule has 1 heteroatoms. The van der Waals surface area contributed by atoms with E-state index in [1.54, 1.807) is 0 Å². The minimum atomic E-state index is 0.860. The van der Waals surface area contributed by atoms with E-state index < -0.39 is 0 Å². The Morgan fingerprint density at radius 3 is 2.12 bits per heavy atom. The molecule has 0 aromatic heterocycles. The fourth-order valence-corrected chi connectivity index (χ4v) is 1.79. The van der Waals surface area contributed by atoms with Crippen molar-refractivity contribution < 1.29 is 0 Å². The van der Waals surface area contributed by atoms with E-state index in [1.807, 2.05) is 0 Å². The number of hydrogen-bond donors (Lipinski definition) is 0. The summed E-state index contributed by atoms with van der Waals surface area (Å²) in [4.78, 5) is 2.32. The fraction of sp³-hybridized carbons (Fsp3) is 0.500. The molecule has 0 saturated heterocycles. The van der Waals surface area contributed by atoms with E-state index in [4.69, 9.17) is 0 Å². The van der Waals surface area contributed by atoms with Crippen molar-refractivity contribution >= 4 is 0 Å². The van der Waals surface area contributed by atoms with Crippen LogP contribution in [0, 0.1) is 32.6 Å². The topological polar surface area (TPSA) is 3.24 Å². The Morgan fingerprint density at radius 2 is 1.53 bits per heavy atom. The maximum atomic E-state index is 3.29. The van der Waals surface area contributed by atoms with Gasteiger partial charge in [-0.3, -0.25) is 4.90 Å². The Balaban J connectivity index is 2.82. The molecule has 0 fully saturated rings. The lowest BCUT2D eigenvalue weighted by molar-refractivity contribution is 0.342. The Bertz CT molecular complexity index is 431. The van der Waals surface area contributed by atoms with Crippen LogP contribution in [0.4, 0.5) is 0 Å². The molecule has 0 saturated carbocycles. The average Bonchev–Trinajstić information content (AvgIpc) is 2.31. The summed E-state index contributed by atoms with van der Waals surface area (Å²) in [6, 6.07) is 4.41. The molecule has 1 rings (SSSR count). The van der Waals surface area contributed by atoms with E-state index in [1.165, 1.54) is 22.3 Å². The van der Waals surface area contributed by atoms with Gasteiger partial charge >= 0.3 is 0 Å². The molecule has 0 unspecified atom stereocenters. The van der Waals surface area contributed by atoms with Crippen LogP contribution in [0.5, 0.6) is 0 Å². The van der Waals surface area contributed by atoms with Gasteiger partial charge in [0.15, 0.2) is 0 Å². The first-order valence-corrected chi connectivity index (χ1v) is 6.37. The Labute approximate surface area is 106 Å². The monoisotopic (exact) mass is 229 g/mol. The Hall–Kier alpha value is -1.26. The minimum Gasteiger partial charge on any atom is -0.293 e. The van der Waals surface area contributed by atoms with Crippen LogP contribution in [-0.2, 0) is 0 Å². The van der Waals surface area contributed by atoms with Gasteiger partial charge in [0, 0.05) is 5.56 Å². The van der Waals surface area contributed by atoms with E-state index in [9.17, 15) is 0 Å². The lowest BCUT2D eigenvalue weighted by atomic mass is 10.0. The van der Waals surface area contributed by atoms with Crippen LogP contribution >= 0.6 is 0 Å². The van der Waals surface area contributed by atoms with Gasteiger partial charge in [0.05, 0.1) is 6.54 Å². The fourth-order valence-electron chi connectivity index (χ4n) is 1.79. The average molecular weight is 229 g/mol. The summed E-state index contributed by atoms with van der Waals surface area (Å²) < 4.78 is 0. The molecule has 1 aromatic rings. The van der Waals surface area contributed by atoms with Crippen molar-refractivity contribution in [1.29, 1.82) is 0 Å². The van der Waals surface area contributed by atoms with E-state index in [-0.39, 0.29) is 0 Å². The van der Waals surface area contributed by atoms with Crippen LogP contribution in [-0.4, -0.2) is 24.5 Å². The molecule has 17 heavy (non-hydrogen) atoms. The first-order valence-electron chi connectivity index (χ1n) is 6.37. The van der Waals surface area contributed by atoms with Crippen LogP contribution < -0.4 is 0 Å². The molecule has 0 heterocycles. The number of nitrogens with zero attached hydrogens (tertiary/aromatic N) is 1. The van der Waals surface area contributed by atoms with Gasteiger partial charge in [-0.2, -0.15) is 0 Å². The molecule has 0 aliphatic heterocycles. The van der Waals surface area contributed by atoms with Crippen LogP contribution in [0.15, 0.2) is 12.1 Å². The van der Waals surface area contributed by atoms with E-state index in [0.29, 0.717) is 0 Å². The molecule has 0 aliphatic rings. The summed E-state index contributed by atoms with van der Waals surface area (Å²) in [5.74, 6) is 6.56. The summed E-state index contributed by atoms with van der Waals surface area (Å²) in [6.45, 7) is 13.8. The summed E-state index contributed by atoms with van der Waals surface area (Å²) in [5, 5.41) is 0. The molecule has 0 N–H and O–H groups in total. The van der Waals surface area contributed by atoms with Crippen LogP contribution in [0.25, 0.3) is 0 Å². The molecule has 1 aromatic carbocycles. The van der Waals surface area contributed by atoms with Gasteiger partial charge in [-0.15, -0.1) is 0 Å². The molecular weight excluding hydrogens is 206 g/mol. The van der Waals surface area contributed by atoms with Crippen molar-refractivity contribution in [2.24, 2.45) is 0 Å². The molecule has 0 atom stereocenters. The summed E-state index contributed by atoms with van der Waals surface area (Å²) in [5.41, 5.74) is 5.11. The zero-order valence-corrected chi connectivity index (χ0v) is 11.7. The number of aryl methyl sites for hydroxylation is 3. The maximum absolute atomic E-state index is 3.29. The highest BCUT2D eigenvalue weighted by atomic mass is 15.1. The summed E-state index contributed by atoms with van der Waals surface area (Å²) in [7, 11) is 0. The summed E-state index contributed by atoms with van der Waals surface area (Å²) >= 11 is 0. The zero-order chi connectivity index (χ0) is 12.8. The molecule has 0 bridgehead atoms. The van der Waals surface area contributed by atoms with Crippen molar-refractivity contribution in [2.45, 2.75) is 34.6 Å². The van der Waals surface area contributed by atoms with Gasteiger partial charge in [-0.1, -0.05) is 31.8 Å². The van der Waals surface area contributed by atoms with Crippen molar-refractivity contribution in [3.05, 3.63) is 34.4 Å². The van der Waals surface area contributed by atoms with Crippen molar-refractivity contribution in [2.75, 3.05) is 19.6 Å². The minimum absolute atomic E-state index is 0.860. The third kappa shape index (κ3) is 3.91. The Kier molecular flexibility index (Phi) is 5.25. The third-order valence-corrected chi connectivity index (χ3v) is 3.26. The molecule has 92 valence electrons. The predicted octanol–water partition coefficient (Wildman–Crippen LogP) is 3.31. The van der Waals surface area contributed by atoms with Crippen LogP contribution in [0.3, 0.4) is 0 Å². The van der Waals surface area contributed by atoms with Gasteiger partial charge < -0.3 is 0 Å². The van der Waals surface area contributed by atoms with Gasteiger partial charge in [-0.05, 0) is 56.6 Å². The highest BCUT2D eigenvalue weighted by Gasteiger charge is 1.99. The smallest absolute Gasteiger partial charge is 0.0605 e. The van der Waals surface area contributed by atoms with Gasteiger partial charge in [0.2, 0.25) is 0 Å². The van der Waals surface area contributed by atoms with E-state index in [0.717, 1.165) is 19.6 Å². The van der Waals surface area contributed by atoms with Crippen LogP contribution in [0.2, 0.25) is 0 Å². The quantitative estimate of drug-likeness (QED) is 0.719. The van der Waals surface area contributed by atoms with Gasteiger partial charge in [0.25, 0.3) is 0 Å². The third-order valence-electron chi connectivity index (χ3n) is 3.26. The van der Waals surface area contributed by atoms with Gasteiger partial charge in [0.1, 0.15) is 0 Å². The molecule has 0 spiro atoms. The number of hydrogen-bond acceptors (Lipinski definition) is 1. The second-order valence-corrected chi connectivity index (χ2v) is 4.51. The van der Waals surface area contributed by atoms with Crippen LogP contribution in [0.1, 0.15) is 36.1 Å². The van der Waals surface area contributed by atoms with E-state index >= 15 is 0 Å². The van der Waals surface area contributed by atoms with Crippen molar-refractivity contribution in [1.82, 2.24) is 4.90 Å². The number of benzene rings is 1. The first-order chi connectivity index (χ1) is 8.08. The van der Waals surface area contributed by atoms with Crippen molar-refractivity contribution in [3.8, 4) is 11.8 Å². The number of rotatable bonds is 3. The molecule has 1 nitrogen and oxygen atoms in total. The second kappa shape index (κ2) is 6.47. The summed E-state index contributed by atoms with van der Waals surface area (Å²) in [6.07, 6.45) is 0. The highest BCUT2D eigenvalue weighted by molar-refractivity contribution is 5.46. The van der Waals surface area contributed by atoms with E-state index in [2.05, 4.69) is 63.5 Å². The molecule has 0 aliphatic carbocycles. The maximum Gasteiger partial charge on any atom is 0.0605 e. The Morgan fingerprint density at radius 1 is 0.941 bits per heavy atom. The largest absolute Gasteiger partial charge is 0.293 e.